The van der Waals surface area contributed by atoms with Crippen molar-refractivity contribution in [2.24, 2.45) is 0 Å². The molecule has 0 saturated carbocycles. The first-order valence-electron chi connectivity index (χ1n) is 6.53. The number of benzene rings is 1. The summed E-state index contributed by atoms with van der Waals surface area (Å²) < 4.78 is 3.25. The fraction of sp³-hybridized carbons (Fsp3) is 0.118. The van der Waals surface area contributed by atoms with Crippen LogP contribution in [-0.2, 0) is 0 Å². The molecule has 0 aliphatic rings. The van der Waals surface area contributed by atoms with Crippen LogP contribution in [-0.4, -0.2) is 9.55 Å². The van der Waals surface area contributed by atoms with Crippen LogP contribution in [0.1, 0.15) is 11.4 Å². The van der Waals surface area contributed by atoms with E-state index in [4.69, 9.17) is 4.98 Å². The molecule has 0 unspecified atom stereocenters. The molecule has 0 spiro atoms. The van der Waals surface area contributed by atoms with E-state index in [9.17, 15) is 0 Å². The highest BCUT2D eigenvalue weighted by molar-refractivity contribution is 9.10. The standard InChI is InChI=1S/C17H15BrN2/c1-12-6-7-13(2)20(12)17-5-3-4-16(19-17)14-8-10-15(18)11-9-14/h3-11H,1-2H3. The molecule has 2 nitrogen and oxygen atoms in total. The summed E-state index contributed by atoms with van der Waals surface area (Å²) in [6.45, 7) is 4.20. The van der Waals surface area contributed by atoms with Gasteiger partial charge in [0.15, 0.2) is 0 Å². The lowest BCUT2D eigenvalue weighted by Gasteiger charge is -2.10. The number of rotatable bonds is 2. The van der Waals surface area contributed by atoms with Gasteiger partial charge in [-0.2, -0.15) is 0 Å². The van der Waals surface area contributed by atoms with Crippen LogP contribution >= 0.6 is 15.9 Å². The molecule has 3 aromatic rings. The Morgan fingerprint density at radius 3 is 2.15 bits per heavy atom. The molecule has 20 heavy (non-hydrogen) atoms. The summed E-state index contributed by atoms with van der Waals surface area (Å²) in [5.41, 5.74) is 4.51. The fourth-order valence-corrected chi connectivity index (χ4v) is 2.62. The van der Waals surface area contributed by atoms with Crippen LogP contribution in [0.4, 0.5) is 0 Å². The Balaban J connectivity index is 2.08. The second-order valence-electron chi connectivity index (χ2n) is 4.84. The number of aryl methyl sites for hydroxylation is 2. The van der Waals surface area contributed by atoms with E-state index >= 15 is 0 Å². The van der Waals surface area contributed by atoms with Gasteiger partial charge in [-0.25, -0.2) is 4.98 Å². The summed E-state index contributed by atoms with van der Waals surface area (Å²) in [6.07, 6.45) is 0. The predicted molar refractivity (Wildman–Crippen MR) is 86.2 cm³/mol. The van der Waals surface area contributed by atoms with Crippen molar-refractivity contribution < 1.29 is 0 Å². The maximum Gasteiger partial charge on any atom is 0.137 e. The molecule has 0 aliphatic heterocycles. The van der Waals surface area contributed by atoms with Crippen LogP contribution in [0.2, 0.25) is 0 Å². The number of hydrogen-bond donors (Lipinski definition) is 0. The number of halogens is 1. The van der Waals surface area contributed by atoms with E-state index in [1.807, 2.05) is 24.3 Å². The average Bonchev–Trinajstić information content (AvgIpc) is 2.79. The van der Waals surface area contributed by atoms with Crippen LogP contribution in [0.5, 0.6) is 0 Å². The SMILES string of the molecule is Cc1ccc(C)n1-c1cccc(-c2ccc(Br)cc2)n1. The zero-order valence-electron chi connectivity index (χ0n) is 11.5. The number of hydrogen-bond acceptors (Lipinski definition) is 1. The molecule has 0 atom stereocenters. The predicted octanol–water partition coefficient (Wildman–Crippen LogP) is 4.92. The third-order valence-corrected chi connectivity index (χ3v) is 3.90. The Bertz CT molecular complexity index is 722. The van der Waals surface area contributed by atoms with Crippen molar-refractivity contribution >= 4 is 15.9 Å². The van der Waals surface area contributed by atoms with E-state index in [0.29, 0.717) is 0 Å². The molecule has 0 bridgehead atoms. The van der Waals surface area contributed by atoms with Crippen molar-refractivity contribution in [1.29, 1.82) is 0 Å². The smallest absolute Gasteiger partial charge is 0.137 e. The normalized spacial score (nSPS) is 10.8. The van der Waals surface area contributed by atoms with Gasteiger partial charge in [-0.3, -0.25) is 0 Å². The van der Waals surface area contributed by atoms with E-state index < -0.39 is 0 Å². The van der Waals surface area contributed by atoms with Crippen molar-refractivity contribution in [2.75, 3.05) is 0 Å². The summed E-state index contributed by atoms with van der Waals surface area (Å²) in [7, 11) is 0. The monoisotopic (exact) mass is 326 g/mol. The van der Waals surface area contributed by atoms with E-state index in [1.54, 1.807) is 0 Å². The van der Waals surface area contributed by atoms with Gasteiger partial charge in [0.05, 0.1) is 5.69 Å². The van der Waals surface area contributed by atoms with Crippen molar-refractivity contribution in [2.45, 2.75) is 13.8 Å². The Morgan fingerprint density at radius 2 is 1.50 bits per heavy atom. The second kappa shape index (κ2) is 5.25. The minimum Gasteiger partial charge on any atom is -0.303 e. The summed E-state index contributed by atoms with van der Waals surface area (Å²) in [6, 6.07) is 18.6. The van der Waals surface area contributed by atoms with E-state index in [1.165, 1.54) is 11.4 Å². The molecule has 2 heterocycles. The molecule has 1 aromatic carbocycles. The molecule has 0 aliphatic carbocycles. The van der Waals surface area contributed by atoms with Gasteiger partial charge in [0, 0.05) is 21.4 Å². The third kappa shape index (κ3) is 2.41. The molecule has 0 fully saturated rings. The molecule has 3 rings (SSSR count). The average molecular weight is 327 g/mol. The molecular formula is C17H15BrN2. The minimum atomic E-state index is 0.963. The van der Waals surface area contributed by atoms with Gasteiger partial charge in [0.1, 0.15) is 5.82 Å². The quantitative estimate of drug-likeness (QED) is 0.653. The maximum atomic E-state index is 4.78. The minimum absolute atomic E-state index is 0.963. The molecule has 3 heteroatoms. The van der Waals surface area contributed by atoms with Crippen molar-refractivity contribution in [3.8, 4) is 17.1 Å². The van der Waals surface area contributed by atoms with Gasteiger partial charge < -0.3 is 4.57 Å². The molecule has 0 radical (unpaired) electrons. The van der Waals surface area contributed by atoms with Gasteiger partial charge in [-0.05, 0) is 50.2 Å². The van der Waals surface area contributed by atoms with E-state index in [2.05, 4.69) is 64.7 Å². The van der Waals surface area contributed by atoms with Gasteiger partial charge in [0.25, 0.3) is 0 Å². The molecule has 0 N–H and O–H groups in total. The lowest BCUT2D eigenvalue weighted by molar-refractivity contribution is 0.924. The Kier molecular flexibility index (Phi) is 3.45. The first-order chi connectivity index (χ1) is 9.65. The van der Waals surface area contributed by atoms with Crippen LogP contribution in [0.15, 0.2) is 59.1 Å². The van der Waals surface area contributed by atoms with Gasteiger partial charge in [0.2, 0.25) is 0 Å². The van der Waals surface area contributed by atoms with E-state index in [0.717, 1.165) is 21.5 Å². The summed E-state index contributed by atoms with van der Waals surface area (Å²) >= 11 is 3.46. The summed E-state index contributed by atoms with van der Waals surface area (Å²) in [5, 5.41) is 0. The molecule has 2 aromatic heterocycles. The largest absolute Gasteiger partial charge is 0.303 e. The summed E-state index contributed by atoms with van der Waals surface area (Å²) in [5.74, 6) is 0.963. The fourth-order valence-electron chi connectivity index (χ4n) is 2.36. The van der Waals surface area contributed by atoms with Gasteiger partial charge >= 0.3 is 0 Å². The zero-order chi connectivity index (χ0) is 14.1. The first kappa shape index (κ1) is 13.1. The number of pyridine rings is 1. The summed E-state index contributed by atoms with van der Waals surface area (Å²) in [4.78, 5) is 4.78. The van der Waals surface area contributed by atoms with Crippen LogP contribution in [0.3, 0.4) is 0 Å². The van der Waals surface area contributed by atoms with Crippen molar-refractivity contribution in [3.63, 3.8) is 0 Å². The van der Waals surface area contributed by atoms with E-state index in [-0.39, 0.29) is 0 Å². The van der Waals surface area contributed by atoms with Crippen molar-refractivity contribution in [3.05, 3.63) is 70.5 Å². The molecular weight excluding hydrogens is 312 g/mol. The van der Waals surface area contributed by atoms with Gasteiger partial charge in [-0.1, -0.05) is 34.1 Å². The molecule has 0 amide bonds. The van der Waals surface area contributed by atoms with Gasteiger partial charge in [-0.15, -0.1) is 0 Å². The zero-order valence-corrected chi connectivity index (χ0v) is 13.1. The Morgan fingerprint density at radius 1 is 0.850 bits per heavy atom. The second-order valence-corrected chi connectivity index (χ2v) is 5.76. The maximum absolute atomic E-state index is 4.78. The first-order valence-corrected chi connectivity index (χ1v) is 7.33. The van der Waals surface area contributed by atoms with Crippen LogP contribution < -0.4 is 0 Å². The number of nitrogens with zero attached hydrogens (tertiary/aromatic N) is 2. The molecule has 100 valence electrons. The van der Waals surface area contributed by atoms with Crippen molar-refractivity contribution in [1.82, 2.24) is 9.55 Å². The Labute approximate surface area is 127 Å². The third-order valence-electron chi connectivity index (χ3n) is 3.37. The lowest BCUT2D eigenvalue weighted by atomic mass is 10.1. The lowest BCUT2D eigenvalue weighted by Crippen LogP contribution is -2.02. The Hall–Kier alpha value is -1.87. The highest BCUT2D eigenvalue weighted by atomic mass is 79.9. The highest BCUT2D eigenvalue weighted by Crippen LogP contribution is 2.22. The number of aromatic nitrogens is 2. The van der Waals surface area contributed by atoms with Crippen LogP contribution in [0.25, 0.3) is 17.1 Å². The topological polar surface area (TPSA) is 17.8 Å². The molecule has 0 saturated heterocycles. The van der Waals surface area contributed by atoms with Crippen LogP contribution in [0, 0.1) is 13.8 Å². The highest BCUT2D eigenvalue weighted by Gasteiger charge is 2.06.